The Morgan fingerprint density at radius 3 is 2.57 bits per heavy atom. The van der Waals surface area contributed by atoms with E-state index >= 15 is 0 Å². The first-order valence-electron chi connectivity index (χ1n) is 9.08. The lowest BCUT2D eigenvalue weighted by molar-refractivity contribution is -0.384. The second-order valence-electron chi connectivity index (χ2n) is 6.72. The number of anilines is 1. The summed E-state index contributed by atoms with van der Waals surface area (Å²) < 4.78 is 11.7. The quantitative estimate of drug-likeness (QED) is 0.304. The Morgan fingerprint density at radius 1 is 1.23 bits per heavy atom. The molecule has 2 N–H and O–H groups in total. The second-order valence-corrected chi connectivity index (χ2v) is 8.05. The zero-order chi connectivity index (χ0) is 22.3. The number of nitro benzene ring substituents is 1. The molecule has 0 fully saturated rings. The molecule has 0 unspecified atom stereocenters. The average molecular weight is 496 g/mol. The highest BCUT2D eigenvalue weighted by Crippen LogP contribution is 2.29. The SMILES string of the molecule is COc1ccc([N+](=O)[O-])cc1NC(=S)NC(=O)c1cc(Br)ccc1OCCC(C)C. The maximum Gasteiger partial charge on any atom is 0.271 e. The topological polar surface area (TPSA) is 103 Å². The number of methoxy groups -OCH3 is 1. The van der Waals surface area contributed by atoms with Gasteiger partial charge in [-0.15, -0.1) is 0 Å². The molecule has 0 atom stereocenters. The molecule has 0 heterocycles. The highest BCUT2D eigenvalue weighted by molar-refractivity contribution is 9.10. The van der Waals surface area contributed by atoms with Crippen molar-refractivity contribution in [1.82, 2.24) is 5.32 Å². The fraction of sp³-hybridized carbons (Fsp3) is 0.300. The third kappa shape index (κ3) is 6.67. The molecule has 0 saturated heterocycles. The Balaban J connectivity index is 2.14. The molecule has 0 aliphatic carbocycles. The predicted octanol–water partition coefficient (Wildman–Crippen LogP) is 4.92. The van der Waals surface area contributed by atoms with E-state index in [0.29, 0.717) is 34.1 Å². The van der Waals surface area contributed by atoms with Crippen molar-refractivity contribution in [2.45, 2.75) is 20.3 Å². The van der Waals surface area contributed by atoms with E-state index in [1.165, 1.54) is 25.3 Å². The standard InChI is InChI=1S/C20H22BrN3O5S/c1-12(2)8-9-29-17-6-4-13(21)10-15(17)19(25)23-20(30)22-16-11-14(24(26)27)5-7-18(16)28-3/h4-7,10-12H,8-9H2,1-3H3,(H2,22,23,25,30). The summed E-state index contributed by atoms with van der Waals surface area (Å²) in [5.74, 6) is 0.779. The van der Waals surface area contributed by atoms with Gasteiger partial charge in [-0.1, -0.05) is 29.8 Å². The average Bonchev–Trinajstić information content (AvgIpc) is 2.68. The van der Waals surface area contributed by atoms with Crippen molar-refractivity contribution in [1.29, 1.82) is 0 Å². The Kier molecular flexibility index (Phi) is 8.55. The number of rotatable bonds is 8. The fourth-order valence-corrected chi connectivity index (χ4v) is 3.01. The summed E-state index contributed by atoms with van der Waals surface area (Å²) in [6, 6.07) is 9.16. The van der Waals surface area contributed by atoms with Crippen molar-refractivity contribution in [3.05, 3.63) is 56.5 Å². The van der Waals surface area contributed by atoms with Gasteiger partial charge >= 0.3 is 0 Å². The summed E-state index contributed by atoms with van der Waals surface area (Å²) in [6.07, 6.45) is 0.851. The summed E-state index contributed by atoms with van der Waals surface area (Å²) >= 11 is 8.56. The van der Waals surface area contributed by atoms with Gasteiger partial charge in [0.25, 0.3) is 11.6 Å². The van der Waals surface area contributed by atoms with Crippen LogP contribution in [0.4, 0.5) is 11.4 Å². The zero-order valence-electron chi connectivity index (χ0n) is 16.7. The lowest BCUT2D eigenvalue weighted by Gasteiger charge is -2.15. The molecule has 10 heteroatoms. The number of benzene rings is 2. The maximum absolute atomic E-state index is 12.8. The van der Waals surface area contributed by atoms with Crippen LogP contribution in [-0.2, 0) is 0 Å². The molecule has 0 saturated carbocycles. The summed E-state index contributed by atoms with van der Waals surface area (Å²) in [6.45, 7) is 4.66. The second kappa shape index (κ2) is 10.9. The largest absolute Gasteiger partial charge is 0.495 e. The Hall–Kier alpha value is -2.72. The van der Waals surface area contributed by atoms with E-state index in [-0.39, 0.29) is 16.5 Å². The summed E-state index contributed by atoms with van der Waals surface area (Å²) in [7, 11) is 1.43. The minimum Gasteiger partial charge on any atom is -0.495 e. The Morgan fingerprint density at radius 2 is 1.93 bits per heavy atom. The predicted molar refractivity (Wildman–Crippen MR) is 122 cm³/mol. The van der Waals surface area contributed by atoms with Crippen molar-refractivity contribution in [2.24, 2.45) is 5.92 Å². The van der Waals surface area contributed by atoms with Crippen LogP contribution in [0.1, 0.15) is 30.6 Å². The number of nitro groups is 1. The van der Waals surface area contributed by atoms with E-state index in [4.69, 9.17) is 21.7 Å². The lowest BCUT2D eigenvalue weighted by atomic mass is 10.1. The van der Waals surface area contributed by atoms with Crippen LogP contribution in [0.5, 0.6) is 11.5 Å². The van der Waals surface area contributed by atoms with E-state index in [1.54, 1.807) is 18.2 Å². The fourth-order valence-electron chi connectivity index (χ4n) is 2.44. The van der Waals surface area contributed by atoms with Crippen molar-refractivity contribution in [3.63, 3.8) is 0 Å². The van der Waals surface area contributed by atoms with Crippen LogP contribution in [0.15, 0.2) is 40.9 Å². The van der Waals surface area contributed by atoms with Crippen LogP contribution >= 0.6 is 28.1 Å². The van der Waals surface area contributed by atoms with Gasteiger partial charge in [0.15, 0.2) is 5.11 Å². The maximum atomic E-state index is 12.8. The van der Waals surface area contributed by atoms with Gasteiger partial charge in [-0.2, -0.15) is 0 Å². The number of hydrogen-bond acceptors (Lipinski definition) is 6. The summed E-state index contributed by atoms with van der Waals surface area (Å²) in [4.78, 5) is 23.2. The van der Waals surface area contributed by atoms with Crippen molar-refractivity contribution in [2.75, 3.05) is 19.0 Å². The number of halogens is 1. The van der Waals surface area contributed by atoms with E-state index in [9.17, 15) is 14.9 Å². The first kappa shape index (κ1) is 23.6. The van der Waals surface area contributed by atoms with Gasteiger partial charge in [0.1, 0.15) is 11.5 Å². The first-order chi connectivity index (χ1) is 14.2. The minimum atomic E-state index is -0.533. The van der Waals surface area contributed by atoms with Gasteiger partial charge in [0.2, 0.25) is 0 Å². The van der Waals surface area contributed by atoms with Crippen LogP contribution in [-0.4, -0.2) is 29.7 Å². The molecule has 2 rings (SSSR count). The first-order valence-corrected chi connectivity index (χ1v) is 10.3. The third-order valence-corrected chi connectivity index (χ3v) is 4.71. The van der Waals surface area contributed by atoms with Crippen LogP contribution in [0, 0.1) is 16.0 Å². The molecular formula is C20H22BrN3O5S. The Bertz CT molecular complexity index is 952. The highest BCUT2D eigenvalue weighted by Gasteiger charge is 2.17. The summed E-state index contributed by atoms with van der Waals surface area (Å²) in [5, 5.41) is 16.3. The van der Waals surface area contributed by atoms with Crippen LogP contribution in [0.2, 0.25) is 0 Å². The molecule has 0 aliphatic rings. The molecule has 0 aromatic heterocycles. The molecule has 2 aromatic rings. The van der Waals surface area contributed by atoms with Gasteiger partial charge in [0.05, 0.1) is 29.9 Å². The van der Waals surface area contributed by atoms with Crippen molar-refractivity contribution in [3.8, 4) is 11.5 Å². The summed E-state index contributed by atoms with van der Waals surface area (Å²) in [5.41, 5.74) is 0.434. The molecule has 0 radical (unpaired) electrons. The number of ether oxygens (including phenoxy) is 2. The zero-order valence-corrected chi connectivity index (χ0v) is 19.1. The molecule has 2 aromatic carbocycles. The van der Waals surface area contributed by atoms with E-state index in [0.717, 1.165) is 6.42 Å². The number of nitrogens with one attached hydrogen (secondary N) is 2. The smallest absolute Gasteiger partial charge is 0.271 e. The van der Waals surface area contributed by atoms with E-state index < -0.39 is 10.8 Å². The molecule has 0 bridgehead atoms. The third-order valence-electron chi connectivity index (χ3n) is 4.01. The van der Waals surface area contributed by atoms with Crippen LogP contribution in [0.25, 0.3) is 0 Å². The molecule has 160 valence electrons. The van der Waals surface area contributed by atoms with Crippen LogP contribution < -0.4 is 20.1 Å². The van der Waals surface area contributed by atoms with E-state index in [2.05, 4.69) is 40.4 Å². The molecule has 1 amide bonds. The normalized spacial score (nSPS) is 10.4. The molecule has 30 heavy (non-hydrogen) atoms. The number of carbonyl (C=O) groups is 1. The van der Waals surface area contributed by atoms with Gasteiger partial charge < -0.3 is 14.8 Å². The number of thiocarbonyl (C=S) groups is 1. The van der Waals surface area contributed by atoms with E-state index in [1.807, 2.05) is 0 Å². The van der Waals surface area contributed by atoms with Gasteiger partial charge in [0, 0.05) is 16.6 Å². The lowest BCUT2D eigenvalue weighted by Crippen LogP contribution is -2.34. The molecule has 0 spiro atoms. The van der Waals surface area contributed by atoms with Gasteiger partial charge in [-0.25, -0.2) is 0 Å². The Labute approximate surface area is 188 Å². The number of carbonyl (C=O) groups excluding carboxylic acids is 1. The van der Waals surface area contributed by atoms with Crippen LogP contribution in [0.3, 0.4) is 0 Å². The van der Waals surface area contributed by atoms with Crippen molar-refractivity contribution >= 4 is 50.5 Å². The number of non-ortho nitro benzene ring substituents is 1. The molecule has 8 nitrogen and oxygen atoms in total. The molecule has 0 aliphatic heterocycles. The minimum absolute atomic E-state index is 0.0353. The van der Waals surface area contributed by atoms with Gasteiger partial charge in [-0.3, -0.25) is 20.2 Å². The molecular weight excluding hydrogens is 474 g/mol. The monoisotopic (exact) mass is 495 g/mol. The number of hydrogen-bond donors (Lipinski definition) is 2. The number of amides is 1. The highest BCUT2D eigenvalue weighted by atomic mass is 79.9. The van der Waals surface area contributed by atoms with Crippen molar-refractivity contribution < 1.29 is 19.2 Å². The number of nitrogens with zero attached hydrogens (tertiary/aromatic N) is 1. The van der Waals surface area contributed by atoms with Gasteiger partial charge in [-0.05, 0) is 48.8 Å².